The molecule has 0 saturated heterocycles. The van der Waals surface area contributed by atoms with Crippen LogP contribution in [0.15, 0.2) is 75.3 Å². The summed E-state index contributed by atoms with van der Waals surface area (Å²) in [6.07, 6.45) is 2.81. The van der Waals surface area contributed by atoms with Crippen molar-refractivity contribution in [3.05, 3.63) is 88.5 Å². The summed E-state index contributed by atoms with van der Waals surface area (Å²) in [7, 11) is 3.43. The first-order chi connectivity index (χ1) is 17.2. The number of aromatic nitrogens is 2. The van der Waals surface area contributed by atoms with Crippen LogP contribution in [0.1, 0.15) is 54.6 Å². The molecule has 2 aromatic carbocycles. The summed E-state index contributed by atoms with van der Waals surface area (Å²) >= 11 is 0. The summed E-state index contributed by atoms with van der Waals surface area (Å²) < 4.78 is 5.80. The lowest BCUT2D eigenvalue weighted by atomic mass is 10.0. The highest BCUT2D eigenvalue weighted by Gasteiger charge is 2.16. The number of aliphatic imine (C=N–C) groups is 1. The molecule has 1 amide bonds. The monoisotopic (exact) mass is 483 g/mol. The third kappa shape index (κ3) is 6.45. The Morgan fingerprint density at radius 3 is 2.47 bits per heavy atom. The number of rotatable bonds is 8. The Kier molecular flexibility index (Phi) is 8.36. The Hall–Kier alpha value is -4.71. The summed E-state index contributed by atoms with van der Waals surface area (Å²) in [5.41, 5.74) is 11.2. The largest absolute Gasteiger partial charge is 0.401 e. The highest BCUT2D eigenvalue weighted by atomic mass is 16.4. The molecule has 184 valence electrons. The number of nitrogens with zero attached hydrogens (tertiary/aromatic N) is 5. The van der Waals surface area contributed by atoms with Gasteiger partial charge in [-0.2, -0.15) is 5.26 Å². The maximum atomic E-state index is 12.3. The van der Waals surface area contributed by atoms with Crippen LogP contribution in [0.3, 0.4) is 0 Å². The Bertz CT molecular complexity index is 1370. The van der Waals surface area contributed by atoms with Crippen LogP contribution >= 0.6 is 0 Å². The van der Waals surface area contributed by atoms with Crippen molar-refractivity contribution in [2.24, 2.45) is 10.7 Å². The fourth-order valence-electron chi connectivity index (χ4n) is 3.14. The highest BCUT2D eigenvalue weighted by molar-refractivity contribution is 6.11. The molecule has 1 heterocycles. The first-order valence-corrected chi connectivity index (χ1v) is 11.4. The lowest BCUT2D eigenvalue weighted by molar-refractivity contribution is 0.0827. The van der Waals surface area contributed by atoms with Gasteiger partial charge in [-0.15, -0.1) is 5.10 Å². The predicted molar refractivity (Wildman–Crippen MR) is 141 cm³/mol. The molecule has 0 atom stereocenters. The van der Waals surface area contributed by atoms with E-state index >= 15 is 0 Å². The fourth-order valence-corrected chi connectivity index (χ4v) is 3.14. The van der Waals surface area contributed by atoms with Gasteiger partial charge in [-0.1, -0.05) is 35.8 Å². The number of carbonyl (C=O) groups excluding carboxylic acids is 1. The van der Waals surface area contributed by atoms with Gasteiger partial charge in [0.05, 0.1) is 17.3 Å². The molecule has 3 N–H and O–H groups in total. The molecular formula is C27H29N7O2. The molecule has 0 bridgehead atoms. The van der Waals surface area contributed by atoms with Crippen LogP contribution in [-0.2, 0) is 0 Å². The Morgan fingerprint density at radius 1 is 1.17 bits per heavy atom. The number of nitrogens with two attached hydrogens (primary N) is 1. The minimum atomic E-state index is -0.0788. The van der Waals surface area contributed by atoms with Gasteiger partial charge in [-0.05, 0) is 56.7 Å². The van der Waals surface area contributed by atoms with Crippen LogP contribution in [0.4, 0.5) is 11.7 Å². The van der Waals surface area contributed by atoms with E-state index in [4.69, 9.17) is 20.4 Å². The van der Waals surface area contributed by atoms with Crippen molar-refractivity contribution in [3.63, 3.8) is 0 Å². The minimum absolute atomic E-state index is 0.0788. The summed E-state index contributed by atoms with van der Waals surface area (Å²) in [6.45, 7) is 5.78. The number of anilines is 2. The SMILES string of the molecule is CC/C(C)=C/C(=N/C(=C(\C)N)c1nnc(Nc2cccc(C#N)c2)o1)c1ccc(C(=O)N(C)C)cc1. The molecule has 0 fully saturated rings. The minimum Gasteiger partial charge on any atom is -0.401 e. The van der Waals surface area contributed by atoms with Gasteiger partial charge in [0.15, 0.2) is 0 Å². The van der Waals surface area contributed by atoms with Gasteiger partial charge in [0.25, 0.3) is 11.8 Å². The zero-order chi connectivity index (χ0) is 26.2. The second-order valence-electron chi connectivity index (χ2n) is 8.38. The van der Waals surface area contributed by atoms with E-state index in [0.717, 1.165) is 17.6 Å². The second-order valence-corrected chi connectivity index (χ2v) is 8.38. The van der Waals surface area contributed by atoms with Crippen LogP contribution in [-0.4, -0.2) is 40.8 Å². The Morgan fingerprint density at radius 2 is 1.86 bits per heavy atom. The van der Waals surface area contributed by atoms with Gasteiger partial charge in [0.2, 0.25) is 0 Å². The van der Waals surface area contributed by atoms with Crippen molar-refractivity contribution in [3.8, 4) is 6.07 Å². The molecule has 3 rings (SSSR count). The number of amides is 1. The van der Waals surface area contributed by atoms with E-state index in [0.29, 0.717) is 33.9 Å². The van der Waals surface area contributed by atoms with Crippen LogP contribution in [0.5, 0.6) is 0 Å². The van der Waals surface area contributed by atoms with E-state index in [9.17, 15) is 4.79 Å². The van der Waals surface area contributed by atoms with Crippen molar-refractivity contribution in [2.45, 2.75) is 27.2 Å². The van der Waals surface area contributed by atoms with Crippen molar-refractivity contribution in [1.82, 2.24) is 15.1 Å². The lowest BCUT2D eigenvalue weighted by Gasteiger charge is -2.11. The molecule has 3 aromatic rings. The summed E-state index contributed by atoms with van der Waals surface area (Å²) in [5.74, 6) is 0.0679. The Balaban J connectivity index is 1.98. The number of carbonyl (C=O) groups is 1. The number of hydrogen-bond donors (Lipinski definition) is 2. The smallest absolute Gasteiger partial charge is 0.320 e. The number of hydrogen-bond acceptors (Lipinski definition) is 8. The van der Waals surface area contributed by atoms with Crippen molar-refractivity contribution in [2.75, 3.05) is 19.4 Å². The van der Waals surface area contributed by atoms with Gasteiger partial charge >= 0.3 is 6.01 Å². The van der Waals surface area contributed by atoms with E-state index in [1.807, 2.05) is 25.1 Å². The van der Waals surface area contributed by atoms with Crippen molar-refractivity contribution in [1.29, 1.82) is 5.26 Å². The van der Waals surface area contributed by atoms with Crippen LogP contribution in [0.2, 0.25) is 0 Å². The van der Waals surface area contributed by atoms with Gasteiger partial charge in [-0.25, -0.2) is 4.99 Å². The second kappa shape index (κ2) is 11.6. The van der Waals surface area contributed by atoms with Crippen LogP contribution in [0, 0.1) is 11.3 Å². The predicted octanol–water partition coefficient (Wildman–Crippen LogP) is 4.88. The van der Waals surface area contributed by atoms with Crippen LogP contribution < -0.4 is 11.1 Å². The van der Waals surface area contributed by atoms with Gasteiger partial charge < -0.3 is 20.4 Å². The fraction of sp³-hybridized carbons (Fsp3) is 0.222. The number of benzene rings is 2. The summed E-state index contributed by atoms with van der Waals surface area (Å²) in [4.78, 5) is 18.6. The normalized spacial score (nSPS) is 12.6. The molecule has 36 heavy (non-hydrogen) atoms. The van der Waals surface area contributed by atoms with E-state index in [1.54, 1.807) is 57.4 Å². The molecule has 0 aliphatic carbocycles. The van der Waals surface area contributed by atoms with E-state index < -0.39 is 0 Å². The quantitative estimate of drug-likeness (QED) is 0.436. The van der Waals surface area contributed by atoms with E-state index in [-0.39, 0.29) is 17.8 Å². The zero-order valence-corrected chi connectivity index (χ0v) is 21.0. The molecule has 9 nitrogen and oxygen atoms in total. The summed E-state index contributed by atoms with van der Waals surface area (Å²) in [5, 5.41) is 20.3. The number of nitriles is 1. The average Bonchev–Trinajstić information content (AvgIpc) is 3.33. The maximum absolute atomic E-state index is 12.3. The van der Waals surface area contributed by atoms with Gasteiger partial charge in [0, 0.05) is 36.6 Å². The molecule has 9 heteroatoms. The average molecular weight is 484 g/mol. The lowest BCUT2D eigenvalue weighted by Crippen LogP contribution is -2.21. The molecular weight excluding hydrogens is 454 g/mol. The molecule has 0 radical (unpaired) electrons. The highest BCUT2D eigenvalue weighted by Crippen LogP contribution is 2.23. The van der Waals surface area contributed by atoms with Crippen molar-refractivity contribution < 1.29 is 9.21 Å². The third-order valence-electron chi connectivity index (χ3n) is 5.25. The van der Waals surface area contributed by atoms with E-state index in [2.05, 4.69) is 28.5 Å². The van der Waals surface area contributed by atoms with E-state index in [1.165, 1.54) is 4.90 Å². The summed E-state index contributed by atoms with van der Waals surface area (Å²) in [6, 6.07) is 16.4. The molecule has 0 spiro atoms. The van der Waals surface area contributed by atoms with Gasteiger partial charge in [-0.3, -0.25) is 4.79 Å². The molecule has 0 aliphatic heterocycles. The topological polar surface area (TPSA) is 133 Å². The Labute approximate surface area is 210 Å². The molecule has 0 unspecified atom stereocenters. The maximum Gasteiger partial charge on any atom is 0.320 e. The standard InChI is InChI=1S/C27H29N7O2/c1-6-17(2)14-23(20-10-12-21(13-11-20)26(35)34(4)5)31-24(18(3)29)25-32-33-27(36-25)30-22-9-7-8-19(15-22)16-28/h7-15H,6,29H2,1-5H3,(H,30,33)/b17-14+,24-18+,31-23-. The third-order valence-corrected chi connectivity index (χ3v) is 5.25. The molecule has 1 aromatic heterocycles. The molecule has 0 saturated carbocycles. The van der Waals surface area contributed by atoms with Gasteiger partial charge in [0.1, 0.15) is 5.70 Å². The molecule has 0 aliphatic rings. The number of allylic oxidation sites excluding steroid dienone is 3. The number of nitrogens with one attached hydrogen (secondary N) is 1. The van der Waals surface area contributed by atoms with Crippen LogP contribution in [0.25, 0.3) is 5.70 Å². The zero-order valence-electron chi connectivity index (χ0n) is 21.0. The first kappa shape index (κ1) is 25.9. The van der Waals surface area contributed by atoms with Crippen molar-refractivity contribution >= 4 is 29.0 Å². The first-order valence-electron chi connectivity index (χ1n) is 11.4.